The number of thiazole rings is 1. The zero-order valence-electron chi connectivity index (χ0n) is 16.4. The van der Waals surface area contributed by atoms with E-state index in [1.54, 1.807) is 17.0 Å². The van der Waals surface area contributed by atoms with E-state index in [1.165, 1.54) is 0 Å². The Morgan fingerprint density at radius 3 is 2.45 bits per heavy atom. The first-order valence-electron chi connectivity index (χ1n) is 9.21. The van der Waals surface area contributed by atoms with E-state index >= 15 is 0 Å². The highest BCUT2D eigenvalue weighted by Crippen LogP contribution is 2.38. The Balaban J connectivity index is 1.73. The minimum absolute atomic E-state index is 0.125. The summed E-state index contributed by atoms with van der Waals surface area (Å²) in [4.78, 5) is 21.1. The maximum absolute atomic E-state index is 12.9. The molecule has 158 valence electrons. The molecular formula is C19H23F3N4O2S. The molecule has 2 aromatic rings. The van der Waals surface area contributed by atoms with Crippen LogP contribution >= 0.6 is 11.3 Å². The molecule has 1 aliphatic heterocycles. The molecule has 0 spiro atoms. The van der Waals surface area contributed by atoms with Gasteiger partial charge in [0.2, 0.25) is 0 Å². The van der Waals surface area contributed by atoms with Gasteiger partial charge in [0.15, 0.2) is 0 Å². The van der Waals surface area contributed by atoms with Crippen LogP contribution in [0.25, 0.3) is 10.7 Å². The van der Waals surface area contributed by atoms with Crippen LogP contribution in [0.5, 0.6) is 0 Å². The van der Waals surface area contributed by atoms with Gasteiger partial charge in [-0.25, -0.2) is 14.8 Å². The summed E-state index contributed by atoms with van der Waals surface area (Å²) in [5.74, 6) is 0.357. The third-order valence-electron chi connectivity index (χ3n) is 4.49. The molecule has 6 nitrogen and oxygen atoms in total. The molecule has 3 rings (SSSR count). The molecule has 2 N–H and O–H groups in total. The van der Waals surface area contributed by atoms with E-state index in [0.717, 1.165) is 11.8 Å². The van der Waals surface area contributed by atoms with Crippen LogP contribution in [0.2, 0.25) is 0 Å². The smallest absolute Gasteiger partial charge is 0.427 e. The summed E-state index contributed by atoms with van der Waals surface area (Å²) in [6.07, 6.45) is -2.56. The third kappa shape index (κ3) is 5.37. The average molecular weight is 428 g/mol. The quantitative estimate of drug-likeness (QED) is 0.734. The molecule has 2 aromatic heterocycles. The molecule has 0 atom stereocenters. The van der Waals surface area contributed by atoms with Crippen LogP contribution in [0.1, 0.15) is 50.0 Å². The molecule has 1 saturated heterocycles. The second-order valence-electron chi connectivity index (χ2n) is 7.98. The van der Waals surface area contributed by atoms with Gasteiger partial charge in [0.05, 0.1) is 6.20 Å². The van der Waals surface area contributed by atoms with Crippen LogP contribution in [0, 0.1) is 0 Å². The van der Waals surface area contributed by atoms with Gasteiger partial charge in [0, 0.05) is 13.1 Å². The van der Waals surface area contributed by atoms with Gasteiger partial charge in [-0.15, -0.1) is 11.3 Å². The molecule has 0 saturated carbocycles. The van der Waals surface area contributed by atoms with E-state index in [1.807, 2.05) is 20.8 Å². The van der Waals surface area contributed by atoms with Crippen molar-refractivity contribution in [2.45, 2.75) is 51.3 Å². The molecule has 3 heterocycles. The van der Waals surface area contributed by atoms with Crippen LogP contribution in [-0.4, -0.2) is 39.7 Å². The number of pyridine rings is 1. The second kappa shape index (κ2) is 7.81. The highest BCUT2D eigenvalue weighted by Gasteiger charge is 2.34. The van der Waals surface area contributed by atoms with E-state index in [2.05, 4.69) is 9.97 Å². The summed E-state index contributed by atoms with van der Waals surface area (Å²) in [6, 6.07) is 3.47. The lowest BCUT2D eigenvalue weighted by atomic mass is 9.89. The van der Waals surface area contributed by atoms with Crippen molar-refractivity contribution in [3.8, 4) is 10.7 Å². The number of aromatic nitrogens is 2. The fraction of sp³-hybridized carbons (Fsp3) is 0.526. The van der Waals surface area contributed by atoms with Crippen LogP contribution in [-0.2, 0) is 10.9 Å². The largest absolute Gasteiger partial charge is 0.444 e. The van der Waals surface area contributed by atoms with Gasteiger partial charge in [-0.1, -0.05) is 0 Å². The number of piperidine rings is 1. The number of amides is 1. The van der Waals surface area contributed by atoms with Crippen LogP contribution in [0.4, 0.5) is 23.8 Å². The van der Waals surface area contributed by atoms with Crippen LogP contribution in [0.3, 0.4) is 0 Å². The fourth-order valence-electron chi connectivity index (χ4n) is 3.16. The van der Waals surface area contributed by atoms with Crippen molar-refractivity contribution in [1.82, 2.24) is 14.9 Å². The molecular weight excluding hydrogens is 405 g/mol. The molecule has 0 bridgehead atoms. The first-order valence-corrected chi connectivity index (χ1v) is 10.0. The Hall–Kier alpha value is -2.36. The molecule has 0 radical (unpaired) electrons. The Morgan fingerprint density at radius 1 is 1.24 bits per heavy atom. The van der Waals surface area contributed by atoms with Crippen molar-refractivity contribution in [3.05, 3.63) is 28.8 Å². The number of carbonyl (C=O) groups is 1. The van der Waals surface area contributed by atoms with E-state index in [4.69, 9.17) is 10.5 Å². The molecule has 0 aromatic carbocycles. The zero-order valence-corrected chi connectivity index (χ0v) is 17.2. The fourth-order valence-corrected chi connectivity index (χ4v) is 3.91. The lowest BCUT2D eigenvalue weighted by Gasteiger charge is -2.33. The first-order chi connectivity index (χ1) is 13.4. The van der Waals surface area contributed by atoms with Gasteiger partial charge < -0.3 is 15.4 Å². The van der Waals surface area contributed by atoms with Crippen molar-refractivity contribution >= 4 is 23.2 Å². The van der Waals surface area contributed by atoms with E-state index < -0.39 is 16.7 Å². The minimum Gasteiger partial charge on any atom is -0.444 e. The second-order valence-corrected chi connectivity index (χ2v) is 9.01. The number of likely N-dealkylation sites (tertiary alicyclic amines) is 1. The number of nitrogens with zero attached hydrogens (tertiary/aromatic N) is 3. The third-order valence-corrected chi connectivity index (χ3v) is 5.55. The highest BCUT2D eigenvalue weighted by atomic mass is 32.1. The molecule has 1 amide bonds. The minimum atomic E-state index is -4.44. The summed E-state index contributed by atoms with van der Waals surface area (Å²) in [5.41, 5.74) is 6.57. The van der Waals surface area contributed by atoms with Gasteiger partial charge in [-0.2, -0.15) is 13.2 Å². The number of rotatable bonds is 2. The maximum atomic E-state index is 12.9. The maximum Gasteiger partial charge on any atom is 0.427 e. The van der Waals surface area contributed by atoms with E-state index in [0.29, 0.717) is 43.0 Å². The Kier molecular flexibility index (Phi) is 5.75. The van der Waals surface area contributed by atoms with Gasteiger partial charge in [0.1, 0.15) is 27.0 Å². The monoisotopic (exact) mass is 428 g/mol. The average Bonchev–Trinajstić information content (AvgIpc) is 3.10. The number of carbonyl (C=O) groups excluding carboxylic acids is 1. The number of anilines is 1. The standard InChI is InChI=1S/C19H23F3N4O2S/c1-18(2,3)28-17(27)26-6-4-11(5-7-26)12-8-13(25-15(23)9-12)16-24-10-14(29-16)19(20,21)22/h8-11H,4-7H2,1-3H3,(H2,23,25). The number of halogens is 3. The number of hydrogen-bond donors (Lipinski definition) is 1. The van der Waals surface area contributed by atoms with Crippen molar-refractivity contribution in [1.29, 1.82) is 0 Å². The molecule has 29 heavy (non-hydrogen) atoms. The number of nitrogen functional groups attached to an aromatic ring is 1. The number of alkyl halides is 3. The summed E-state index contributed by atoms with van der Waals surface area (Å²) in [6.45, 7) is 6.53. The number of nitrogens with two attached hydrogens (primary N) is 1. The molecule has 0 unspecified atom stereocenters. The van der Waals surface area contributed by atoms with E-state index in [9.17, 15) is 18.0 Å². The Morgan fingerprint density at radius 2 is 1.90 bits per heavy atom. The summed E-state index contributed by atoms with van der Waals surface area (Å²) in [7, 11) is 0. The van der Waals surface area contributed by atoms with E-state index in [-0.39, 0.29) is 22.8 Å². The van der Waals surface area contributed by atoms with Gasteiger partial charge in [-0.05, 0) is 57.2 Å². The molecule has 0 aliphatic carbocycles. The normalized spacial score (nSPS) is 16.1. The number of ether oxygens (including phenoxy) is 1. The lowest BCUT2D eigenvalue weighted by molar-refractivity contribution is -0.134. The Bertz CT molecular complexity index is 884. The van der Waals surface area contributed by atoms with Gasteiger partial charge in [0.25, 0.3) is 0 Å². The summed E-state index contributed by atoms with van der Waals surface area (Å²) < 4.78 is 44.0. The predicted octanol–water partition coefficient (Wildman–Crippen LogP) is 4.92. The first kappa shape index (κ1) is 21.4. The van der Waals surface area contributed by atoms with Crippen molar-refractivity contribution in [2.75, 3.05) is 18.8 Å². The number of hydrogen-bond acceptors (Lipinski definition) is 6. The summed E-state index contributed by atoms with van der Waals surface area (Å²) in [5, 5.41) is 0.178. The van der Waals surface area contributed by atoms with Gasteiger partial charge >= 0.3 is 12.3 Å². The summed E-state index contributed by atoms with van der Waals surface area (Å²) >= 11 is 0.543. The molecule has 1 fully saturated rings. The van der Waals surface area contributed by atoms with Crippen LogP contribution < -0.4 is 5.73 Å². The topological polar surface area (TPSA) is 81.3 Å². The highest BCUT2D eigenvalue weighted by molar-refractivity contribution is 7.15. The van der Waals surface area contributed by atoms with Crippen molar-refractivity contribution < 1.29 is 22.7 Å². The zero-order chi connectivity index (χ0) is 21.4. The van der Waals surface area contributed by atoms with Gasteiger partial charge in [-0.3, -0.25) is 0 Å². The molecule has 1 aliphatic rings. The van der Waals surface area contributed by atoms with Crippen molar-refractivity contribution in [3.63, 3.8) is 0 Å². The predicted molar refractivity (Wildman–Crippen MR) is 105 cm³/mol. The molecule has 10 heteroatoms. The SMILES string of the molecule is CC(C)(C)OC(=O)N1CCC(c2cc(N)nc(-c3ncc(C(F)(F)F)s3)c2)CC1. The lowest BCUT2D eigenvalue weighted by Crippen LogP contribution is -2.41. The van der Waals surface area contributed by atoms with Crippen LogP contribution in [0.15, 0.2) is 18.3 Å². The van der Waals surface area contributed by atoms with Crippen molar-refractivity contribution in [2.24, 2.45) is 0 Å². The Labute approximate surface area is 170 Å².